The van der Waals surface area contributed by atoms with Gasteiger partial charge in [0.1, 0.15) is 11.3 Å². The van der Waals surface area contributed by atoms with E-state index >= 15 is 0 Å². The summed E-state index contributed by atoms with van der Waals surface area (Å²) in [6.45, 7) is 6.17. The molecule has 0 unspecified atom stereocenters. The zero-order valence-electron chi connectivity index (χ0n) is 13.3. The fraction of sp³-hybridized carbons (Fsp3) is 0.562. The van der Waals surface area contributed by atoms with Crippen LogP contribution in [0.25, 0.3) is 0 Å². The molecule has 1 atom stereocenters. The summed E-state index contributed by atoms with van der Waals surface area (Å²) in [5.74, 6) is -1.80. The van der Waals surface area contributed by atoms with Crippen LogP contribution in [0.2, 0.25) is 0 Å². The van der Waals surface area contributed by atoms with Crippen molar-refractivity contribution in [2.24, 2.45) is 0 Å². The molecule has 0 aromatic heterocycles. The van der Waals surface area contributed by atoms with Crippen LogP contribution >= 0.6 is 0 Å². The van der Waals surface area contributed by atoms with Crippen molar-refractivity contribution < 1.29 is 19.0 Å². The van der Waals surface area contributed by atoms with Crippen LogP contribution in [0.5, 0.6) is 11.5 Å². The third-order valence-electron chi connectivity index (χ3n) is 4.23. The van der Waals surface area contributed by atoms with Crippen LogP contribution in [-0.2, 0) is 0 Å². The number of likely N-dealkylation sites (N-methyl/N-ethyl adjacent to an activating group) is 1. The fourth-order valence-corrected chi connectivity index (χ4v) is 3.06. The quantitative estimate of drug-likeness (QED) is 0.874. The Labute approximate surface area is 130 Å². The molecule has 0 radical (unpaired) electrons. The second kappa shape index (κ2) is 6.96. The number of carbonyl (C=O) groups is 1. The van der Waals surface area contributed by atoms with Gasteiger partial charge in [-0.05, 0) is 44.5 Å². The molecule has 6 heteroatoms. The lowest BCUT2D eigenvalue weighted by molar-refractivity contribution is 0.0934. The van der Waals surface area contributed by atoms with Gasteiger partial charge >= 0.3 is 0 Å². The summed E-state index contributed by atoms with van der Waals surface area (Å²) in [5.41, 5.74) is 0.333. The van der Waals surface area contributed by atoms with Gasteiger partial charge in [0.2, 0.25) is 0 Å². The van der Waals surface area contributed by atoms with E-state index in [0.29, 0.717) is 12.1 Å². The Balaban J connectivity index is 2.16. The highest BCUT2D eigenvalue weighted by Crippen LogP contribution is 2.33. The van der Waals surface area contributed by atoms with Crippen molar-refractivity contribution in [2.75, 3.05) is 26.7 Å². The Morgan fingerprint density at radius 1 is 1.59 bits per heavy atom. The Morgan fingerprint density at radius 2 is 2.32 bits per heavy atom. The Morgan fingerprint density at radius 3 is 2.95 bits per heavy atom. The molecule has 0 bridgehead atoms. The monoisotopic (exact) mass is 310 g/mol. The normalized spacial score (nSPS) is 18.5. The number of rotatable bonds is 5. The predicted molar refractivity (Wildman–Crippen MR) is 82.0 cm³/mol. The molecule has 2 N–H and O–H groups in total. The molecule has 0 saturated carbocycles. The molecule has 1 aromatic carbocycles. The summed E-state index contributed by atoms with van der Waals surface area (Å²) in [7, 11) is 1.40. The van der Waals surface area contributed by atoms with Crippen LogP contribution in [0.3, 0.4) is 0 Å². The van der Waals surface area contributed by atoms with E-state index in [9.17, 15) is 14.3 Å². The maximum Gasteiger partial charge on any atom is 0.259 e. The molecule has 1 saturated heterocycles. The number of hydrogen-bond donors (Lipinski definition) is 2. The third-order valence-corrected chi connectivity index (χ3v) is 4.23. The smallest absolute Gasteiger partial charge is 0.259 e. The number of aromatic hydroxyl groups is 1. The lowest BCUT2D eigenvalue weighted by Gasteiger charge is -2.23. The molecule has 1 fully saturated rings. The molecule has 0 aliphatic carbocycles. The number of phenols is 1. The first kappa shape index (κ1) is 16.5. The number of nitrogens with one attached hydrogen (secondary N) is 1. The topological polar surface area (TPSA) is 61.8 Å². The summed E-state index contributed by atoms with van der Waals surface area (Å²) >= 11 is 0. The zero-order valence-corrected chi connectivity index (χ0v) is 13.3. The van der Waals surface area contributed by atoms with E-state index in [4.69, 9.17) is 4.74 Å². The third kappa shape index (κ3) is 3.16. The van der Waals surface area contributed by atoms with Crippen molar-refractivity contribution >= 4 is 5.91 Å². The van der Waals surface area contributed by atoms with Crippen LogP contribution in [0.15, 0.2) is 6.07 Å². The van der Waals surface area contributed by atoms with Crippen molar-refractivity contribution in [3.8, 4) is 11.5 Å². The number of hydrogen-bond acceptors (Lipinski definition) is 4. The molecular formula is C16H23FN2O3. The highest BCUT2D eigenvalue weighted by Gasteiger charge is 2.26. The van der Waals surface area contributed by atoms with Crippen LogP contribution in [0.4, 0.5) is 4.39 Å². The van der Waals surface area contributed by atoms with Gasteiger partial charge < -0.3 is 15.2 Å². The maximum absolute atomic E-state index is 13.7. The largest absolute Gasteiger partial charge is 0.504 e. The number of ether oxygens (including phenoxy) is 1. The minimum Gasteiger partial charge on any atom is -0.504 e. The van der Waals surface area contributed by atoms with Crippen LogP contribution in [-0.4, -0.2) is 48.7 Å². The number of methoxy groups -OCH3 is 1. The van der Waals surface area contributed by atoms with Crippen LogP contribution in [0.1, 0.15) is 35.7 Å². The van der Waals surface area contributed by atoms with Crippen molar-refractivity contribution in [1.82, 2.24) is 10.2 Å². The van der Waals surface area contributed by atoms with Gasteiger partial charge in [0.25, 0.3) is 5.91 Å². The average molecular weight is 310 g/mol. The Hall–Kier alpha value is -1.82. The molecule has 1 heterocycles. The minimum absolute atomic E-state index is 0.138. The number of likely N-dealkylation sites (tertiary alicyclic amines) is 1. The van der Waals surface area contributed by atoms with E-state index in [1.54, 1.807) is 6.92 Å². The van der Waals surface area contributed by atoms with Gasteiger partial charge in [-0.1, -0.05) is 6.92 Å². The average Bonchev–Trinajstić information content (AvgIpc) is 2.95. The van der Waals surface area contributed by atoms with Gasteiger partial charge in [-0.15, -0.1) is 0 Å². The van der Waals surface area contributed by atoms with Crippen LogP contribution < -0.4 is 10.1 Å². The molecular weight excluding hydrogens is 287 g/mol. The highest BCUT2D eigenvalue weighted by atomic mass is 19.1. The van der Waals surface area contributed by atoms with Gasteiger partial charge in [-0.3, -0.25) is 9.69 Å². The molecule has 2 rings (SSSR count). The first-order valence-electron chi connectivity index (χ1n) is 7.57. The van der Waals surface area contributed by atoms with Crippen molar-refractivity contribution in [3.63, 3.8) is 0 Å². The summed E-state index contributed by atoms with van der Waals surface area (Å²) in [5, 5.41) is 12.7. The number of halogens is 1. The Bertz CT molecular complexity index is 563. The number of carbonyl (C=O) groups excluding carboxylic acids is 1. The molecule has 1 aromatic rings. The molecule has 1 amide bonds. The second-order valence-electron chi connectivity index (χ2n) is 5.57. The number of aryl methyl sites for hydroxylation is 1. The zero-order chi connectivity index (χ0) is 16.3. The van der Waals surface area contributed by atoms with Crippen molar-refractivity contribution in [2.45, 2.75) is 32.7 Å². The molecule has 5 nitrogen and oxygen atoms in total. The first-order chi connectivity index (χ1) is 10.5. The Kier molecular flexibility index (Phi) is 5.24. The summed E-state index contributed by atoms with van der Waals surface area (Å²) in [6, 6.07) is 1.44. The summed E-state index contributed by atoms with van der Waals surface area (Å²) in [4.78, 5) is 14.7. The molecule has 122 valence electrons. The van der Waals surface area contributed by atoms with E-state index < -0.39 is 17.5 Å². The van der Waals surface area contributed by atoms with E-state index in [2.05, 4.69) is 17.1 Å². The first-order valence-corrected chi connectivity index (χ1v) is 7.57. The maximum atomic E-state index is 13.7. The number of nitrogens with zero attached hydrogens (tertiary/aromatic N) is 1. The van der Waals surface area contributed by atoms with Gasteiger partial charge in [0.05, 0.1) is 7.11 Å². The summed E-state index contributed by atoms with van der Waals surface area (Å²) < 4.78 is 18.8. The molecule has 1 aliphatic heterocycles. The van der Waals surface area contributed by atoms with Gasteiger partial charge in [0.15, 0.2) is 11.6 Å². The van der Waals surface area contributed by atoms with Gasteiger partial charge in [-0.2, -0.15) is 0 Å². The molecule has 1 aliphatic rings. The van der Waals surface area contributed by atoms with Crippen molar-refractivity contribution in [3.05, 3.63) is 23.0 Å². The molecule has 22 heavy (non-hydrogen) atoms. The summed E-state index contributed by atoms with van der Waals surface area (Å²) in [6.07, 6.45) is 2.14. The standard InChI is InChI=1S/C16H23FN2O3/c1-4-19-7-5-6-11(19)9-18-16(21)13-14(20)12(17)8-10(2)15(13)22-3/h8,11,20H,4-7,9H2,1-3H3,(H,18,21)/t11-/m0/s1. The van der Waals surface area contributed by atoms with Crippen LogP contribution in [0, 0.1) is 12.7 Å². The fourth-order valence-electron chi connectivity index (χ4n) is 3.06. The van der Waals surface area contributed by atoms with Gasteiger partial charge in [0, 0.05) is 12.6 Å². The lowest BCUT2D eigenvalue weighted by Crippen LogP contribution is -2.40. The van der Waals surface area contributed by atoms with E-state index in [-0.39, 0.29) is 17.4 Å². The predicted octanol–water partition coefficient (Wildman–Crippen LogP) is 2.06. The second-order valence-corrected chi connectivity index (χ2v) is 5.57. The minimum atomic E-state index is -0.820. The molecule has 0 spiro atoms. The highest BCUT2D eigenvalue weighted by molar-refractivity contribution is 6.00. The SMILES string of the molecule is CCN1CCC[C@H]1CNC(=O)c1c(O)c(F)cc(C)c1OC. The van der Waals surface area contributed by atoms with Gasteiger partial charge in [-0.25, -0.2) is 4.39 Å². The van der Waals surface area contributed by atoms with Crippen molar-refractivity contribution in [1.29, 1.82) is 0 Å². The van der Waals surface area contributed by atoms with E-state index in [1.165, 1.54) is 7.11 Å². The number of phenolic OH excluding ortho intramolecular Hbond substituents is 1. The van der Waals surface area contributed by atoms with E-state index in [0.717, 1.165) is 32.0 Å². The number of amides is 1. The lowest BCUT2D eigenvalue weighted by atomic mass is 10.1. The van der Waals surface area contributed by atoms with E-state index in [1.807, 2.05) is 0 Å². The number of benzene rings is 1.